The number of carbonyl (C=O) groups is 1. The average Bonchev–Trinajstić information content (AvgIpc) is 3.50. The van der Waals surface area contributed by atoms with Crippen LogP contribution in [-0.2, 0) is 23.2 Å². The number of aliphatic hydroxyl groups excluding tert-OH is 1. The molecule has 1 saturated carbocycles. The Bertz CT molecular complexity index is 1150. The van der Waals surface area contributed by atoms with Gasteiger partial charge in [0.15, 0.2) is 11.5 Å². The summed E-state index contributed by atoms with van der Waals surface area (Å²) in [5.41, 5.74) is 5.41. The summed E-state index contributed by atoms with van der Waals surface area (Å²) in [5.74, 6) is 1.44. The summed E-state index contributed by atoms with van der Waals surface area (Å²) >= 11 is 0. The van der Waals surface area contributed by atoms with E-state index < -0.39 is 5.41 Å². The van der Waals surface area contributed by atoms with Gasteiger partial charge in [-0.05, 0) is 77.4 Å². The second kappa shape index (κ2) is 7.75. The molecule has 2 N–H and O–H groups in total. The molecular weight excluding hydrogens is 390 g/mol. The SMILES string of the molecule is CCc1ccc(NC(=O)C2(c3ccc4c(c3)OCO4)CC2)cc1-c1cccc(CO)c1. The maximum Gasteiger partial charge on any atom is 0.235 e. The van der Waals surface area contributed by atoms with Crippen molar-refractivity contribution in [1.82, 2.24) is 0 Å². The number of nitrogens with one attached hydrogen (secondary N) is 1. The monoisotopic (exact) mass is 415 g/mol. The van der Waals surface area contributed by atoms with Crippen LogP contribution in [0.1, 0.15) is 36.5 Å². The van der Waals surface area contributed by atoms with E-state index in [4.69, 9.17) is 9.47 Å². The molecule has 0 saturated heterocycles. The molecule has 0 spiro atoms. The number of carbonyl (C=O) groups excluding carboxylic acids is 1. The van der Waals surface area contributed by atoms with Crippen LogP contribution in [0.25, 0.3) is 11.1 Å². The first kappa shape index (κ1) is 19.6. The van der Waals surface area contributed by atoms with Gasteiger partial charge in [0.05, 0.1) is 12.0 Å². The van der Waals surface area contributed by atoms with Crippen LogP contribution >= 0.6 is 0 Å². The number of benzene rings is 3. The number of amides is 1. The fourth-order valence-corrected chi connectivity index (χ4v) is 4.29. The Labute approximate surface area is 181 Å². The number of ether oxygens (including phenoxy) is 2. The minimum absolute atomic E-state index is 0.00375. The number of hydrogen-bond acceptors (Lipinski definition) is 4. The van der Waals surface area contributed by atoms with Crippen molar-refractivity contribution >= 4 is 11.6 Å². The third-order valence-electron chi connectivity index (χ3n) is 6.28. The predicted octanol–water partition coefficient (Wildman–Crippen LogP) is 4.81. The maximum absolute atomic E-state index is 13.3. The Morgan fingerprint density at radius 2 is 1.87 bits per heavy atom. The maximum atomic E-state index is 13.3. The molecule has 31 heavy (non-hydrogen) atoms. The first-order valence-corrected chi connectivity index (χ1v) is 10.7. The summed E-state index contributed by atoms with van der Waals surface area (Å²) in [6.45, 7) is 2.34. The van der Waals surface area contributed by atoms with Gasteiger partial charge in [-0.15, -0.1) is 0 Å². The molecule has 0 atom stereocenters. The molecule has 3 aromatic rings. The van der Waals surface area contributed by atoms with Crippen LogP contribution in [0.5, 0.6) is 11.5 Å². The summed E-state index contributed by atoms with van der Waals surface area (Å²) in [7, 11) is 0. The zero-order chi connectivity index (χ0) is 21.4. The van der Waals surface area contributed by atoms with Gasteiger partial charge in [0.2, 0.25) is 12.7 Å². The quantitative estimate of drug-likeness (QED) is 0.606. The number of anilines is 1. The number of rotatable bonds is 6. The Morgan fingerprint density at radius 3 is 2.65 bits per heavy atom. The molecule has 3 aromatic carbocycles. The molecule has 5 rings (SSSR count). The number of aryl methyl sites for hydroxylation is 1. The van der Waals surface area contributed by atoms with Gasteiger partial charge in [0, 0.05) is 5.69 Å². The highest BCUT2D eigenvalue weighted by Crippen LogP contribution is 2.51. The standard InChI is InChI=1S/C26H25NO4/c1-2-18-6-8-21(14-22(18)19-5-3-4-17(12-19)15-28)27-25(29)26(10-11-26)20-7-9-23-24(13-20)31-16-30-23/h3-9,12-14,28H,2,10-11,15-16H2,1H3,(H,27,29). The van der Waals surface area contributed by atoms with Crippen molar-refractivity contribution < 1.29 is 19.4 Å². The van der Waals surface area contributed by atoms with Crippen molar-refractivity contribution in [3.8, 4) is 22.6 Å². The minimum atomic E-state index is -0.513. The molecule has 0 radical (unpaired) electrons. The fourth-order valence-electron chi connectivity index (χ4n) is 4.29. The molecule has 1 heterocycles. The van der Waals surface area contributed by atoms with Crippen LogP contribution in [0.3, 0.4) is 0 Å². The van der Waals surface area contributed by atoms with Gasteiger partial charge in [0.25, 0.3) is 0 Å². The molecule has 1 aliphatic heterocycles. The second-order valence-electron chi connectivity index (χ2n) is 8.19. The number of hydrogen-bond donors (Lipinski definition) is 2. The zero-order valence-electron chi connectivity index (χ0n) is 17.5. The van der Waals surface area contributed by atoms with Crippen molar-refractivity contribution in [3.63, 3.8) is 0 Å². The van der Waals surface area contributed by atoms with Gasteiger partial charge in [0.1, 0.15) is 0 Å². The Morgan fingerprint density at radius 1 is 1.03 bits per heavy atom. The van der Waals surface area contributed by atoms with E-state index in [0.717, 1.165) is 53.0 Å². The largest absolute Gasteiger partial charge is 0.454 e. The Hall–Kier alpha value is -3.31. The lowest BCUT2D eigenvalue weighted by Crippen LogP contribution is -2.27. The minimum Gasteiger partial charge on any atom is -0.454 e. The van der Waals surface area contributed by atoms with Gasteiger partial charge >= 0.3 is 0 Å². The smallest absolute Gasteiger partial charge is 0.235 e. The van der Waals surface area contributed by atoms with E-state index in [1.807, 2.05) is 54.6 Å². The first-order chi connectivity index (χ1) is 15.1. The molecule has 2 aliphatic rings. The normalized spacial score (nSPS) is 15.5. The van der Waals surface area contributed by atoms with Crippen molar-refractivity contribution in [2.75, 3.05) is 12.1 Å². The molecule has 158 valence electrons. The fraction of sp³-hybridized carbons (Fsp3) is 0.269. The van der Waals surface area contributed by atoms with Gasteiger partial charge < -0.3 is 19.9 Å². The van der Waals surface area contributed by atoms with Gasteiger partial charge in [-0.1, -0.05) is 37.3 Å². The van der Waals surface area contributed by atoms with E-state index in [-0.39, 0.29) is 19.3 Å². The van der Waals surface area contributed by atoms with Crippen molar-refractivity contribution in [3.05, 3.63) is 77.4 Å². The molecule has 0 unspecified atom stereocenters. The first-order valence-electron chi connectivity index (χ1n) is 10.7. The summed E-state index contributed by atoms with van der Waals surface area (Å²) in [6, 6.07) is 19.7. The summed E-state index contributed by atoms with van der Waals surface area (Å²) in [5, 5.41) is 12.6. The highest BCUT2D eigenvalue weighted by atomic mass is 16.7. The molecule has 1 amide bonds. The van der Waals surface area contributed by atoms with Gasteiger partial charge in [-0.25, -0.2) is 0 Å². The van der Waals surface area contributed by atoms with Gasteiger partial charge in [-0.2, -0.15) is 0 Å². The second-order valence-corrected chi connectivity index (χ2v) is 8.19. The van der Waals surface area contributed by atoms with E-state index in [9.17, 15) is 9.90 Å². The number of fused-ring (bicyclic) bond motifs is 1. The molecule has 0 aromatic heterocycles. The van der Waals surface area contributed by atoms with E-state index in [0.29, 0.717) is 5.75 Å². The highest BCUT2D eigenvalue weighted by molar-refractivity contribution is 6.02. The van der Waals surface area contributed by atoms with Crippen LogP contribution in [0.4, 0.5) is 5.69 Å². The van der Waals surface area contributed by atoms with Crippen molar-refractivity contribution in [2.45, 2.75) is 38.2 Å². The van der Waals surface area contributed by atoms with Crippen molar-refractivity contribution in [2.24, 2.45) is 0 Å². The lowest BCUT2D eigenvalue weighted by Gasteiger charge is -2.18. The van der Waals surface area contributed by atoms with Crippen LogP contribution in [0, 0.1) is 0 Å². The molecule has 1 aliphatic carbocycles. The zero-order valence-corrected chi connectivity index (χ0v) is 17.5. The topological polar surface area (TPSA) is 67.8 Å². The van der Waals surface area contributed by atoms with E-state index in [1.54, 1.807) is 0 Å². The average molecular weight is 415 g/mol. The lowest BCUT2D eigenvalue weighted by molar-refractivity contribution is -0.118. The Kier molecular flexibility index (Phi) is 4.91. The van der Waals surface area contributed by atoms with Crippen LogP contribution in [0.2, 0.25) is 0 Å². The van der Waals surface area contributed by atoms with Crippen LogP contribution in [-0.4, -0.2) is 17.8 Å². The lowest BCUT2D eigenvalue weighted by atomic mass is 9.93. The van der Waals surface area contributed by atoms with Crippen molar-refractivity contribution in [1.29, 1.82) is 0 Å². The highest BCUT2D eigenvalue weighted by Gasteiger charge is 2.51. The molecule has 1 fully saturated rings. The van der Waals surface area contributed by atoms with E-state index in [1.165, 1.54) is 5.56 Å². The molecule has 5 heteroatoms. The van der Waals surface area contributed by atoms with Crippen LogP contribution < -0.4 is 14.8 Å². The summed E-state index contributed by atoms with van der Waals surface area (Å²) < 4.78 is 10.9. The third kappa shape index (κ3) is 3.55. The Balaban J connectivity index is 1.43. The third-order valence-corrected chi connectivity index (χ3v) is 6.28. The summed E-state index contributed by atoms with van der Waals surface area (Å²) in [6.07, 6.45) is 2.52. The predicted molar refractivity (Wildman–Crippen MR) is 119 cm³/mol. The molecular formula is C26H25NO4. The molecule has 0 bridgehead atoms. The van der Waals surface area contributed by atoms with E-state index >= 15 is 0 Å². The van der Waals surface area contributed by atoms with Gasteiger partial charge in [-0.3, -0.25) is 4.79 Å². The molecule has 5 nitrogen and oxygen atoms in total. The van der Waals surface area contributed by atoms with E-state index in [2.05, 4.69) is 18.3 Å². The number of aliphatic hydroxyl groups is 1. The van der Waals surface area contributed by atoms with Crippen LogP contribution in [0.15, 0.2) is 60.7 Å². The summed E-state index contributed by atoms with van der Waals surface area (Å²) in [4.78, 5) is 13.3.